The second kappa shape index (κ2) is 11.1. The van der Waals surface area contributed by atoms with Crippen LogP contribution in [-0.2, 0) is 4.79 Å². The standard InChI is InChI=1S/C23H31N3O2/c1-5-18(4)21-10-8-9-11-22(21)28-17-23(27)25-24-16-19-12-14-20(15-13-19)26(6-2)7-3/h8-16,18H,5-7,17H2,1-4H3,(H,25,27). The molecule has 0 heterocycles. The van der Waals surface area contributed by atoms with E-state index in [1.807, 2.05) is 36.4 Å². The van der Waals surface area contributed by atoms with Gasteiger partial charge in [-0.1, -0.05) is 44.2 Å². The number of anilines is 1. The van der Waals surface area contributed by atoms with E-state index >= 15 is 0 Å². The summed E-state index contributed by atoms with van der Waals surface area (Å²) in [5.41, 5.74) is 5.75. The number of amides is 1. The van der Waals surface area contributed by atoms with Crippen molar-refractivity contribution in [3.8, 4) is 5.75 Å². The summed E-state index contributed by atoms with van der Waals surface area (Å²) >= 11 is 0. The molecule has 1 amide bonds. The molecule has 150 valence electrons. The van der Waals surface area contributed by atoms with Crippen LogP contribution in [0, 0.1) is 0 Å². The second-order valence-corrected chi connectivity index (χ2v) is 6.69. The third-order valence-corrected chi connectivity index (χ3v) is 4.85. The Balaban J connectivity index is 1.86. The van der Waals surface area contributed by atoms with E-state index in [2.05, 4.69) is 55.3 Å². The minimum atomic E-state index is -0.282. The maximum Gasteiger partial charge on any atom is 0.277 e. The number of nitrogens with zero attached hydrogens (tertiary/aromatic N) is 2. The lowest BCUT2D eigenvalue weighted by Crippen LogP contribution is -2.25. The Morgan fingerprint density at radius 3 is 2.43 bits per heavy atom. The van der Waals surface area contributed by atoms with E-state index in [0.717, 1.165) is 36.4 Å². The van der Waals surface area contributed by atoms with Gasteiger partial charge in [0.05, 0.1) is 6.21 Å². The van der Waals surface area contributed by atoms with E-state index in [1.54, 1.807) is 6.21 Å². The van der Waals surface area contributed by atoms with Crippen molar-refractivity contribution in [3.63, 3.8) is 0 Å². The Morgan fingerprint density at radius 2 is 1.79 bits per heavy atom. The molecule has 0 aliphatic heterocycles. The largest absolute Gasteiger partial charge is 0.483 e. The van der Waals surface area contributed by atoms with Crippen molar-refractivity contribution in [2.24, 2.45) is 5.10 Å². The molecule has 0 radical (unpaired) electrons. The van der Waals surface area contributed by atoms with Crippen LogP contribution in [0.2, 0.25) is 0 Å². The number of rotatable bonds is 10. The fourth-order valence-electron chi connectivity index (χ4n) is 2.95. The Bertz CT molecular complexity index is 768. The molecule has 5 heteroatoms. The highest BCUT2D eigenvalue weighted by molar-refractivity contribution is 5.83. The van der Waals surface area contributed by atoms with Gasteiger partial charge >= 0.3 is 0 Å². The highest BCUT2D eigenvalue weighted by Gasteiger charge is 2.10. The van der Waals surface area contributed by atoms with Crippen molar-refractivity contribution in [1.29, 1.82) is 0 Å². The molecule has 1 N–H and O–H groups in total. The lowest BCUT2D eigenvalue weighted by Gasteiger charge is -2.20. The van der Waals surface area contributed by atoms with Crippen LogP contribution >= 0.6 is 0 Å². The first-order valence-electron chi connectivity index (χ1n) is 9.97. The highest BCUT2D eigenvalue weighted by atomic mass is 16.5. The van der Waals surface area contributed by atoms with Crippen LogP contribution < -0.4 is 15.1 Å². The van der Waals surface area contributed by atoms with Gasteiger partial charge in [-0.15, -0.1) is 0 Å². The molecule has 1 unspecified atom stereocenters. The molecule has 2 aromatic carbocycles. The number of hydrazone groups is 1. The molecule has 5 nitrogen and oxygen atoms in total. The molecular weight excluding hydrogens is 350 g/mol. The van der Waals surface area contributed by atoms with Gasteiger partial charge in [-0.3, -0.25) is 4.79 Å². The van der Waals surface area contributed by atoms with Gasteiger partial charge in [0.2, 0.25) is 0 Å². The predicted molar refractivity (Wildman–Crippen MR) is 116 cm³/mol. The van der Waals surface area contributed by atoms with Gasteiger partial charge < -0.3 is 9.64 Å². The molecule has 0 saturated carbocycles. The van der Waals surface area contributed by atoms with Gasteiger partial charge in [0.1, 0.15) is 5.75 Å². The van der Waals surface area contributed by atoms with Crippen molar-refractivity contribution in [2.45, 2.75) is 40.0 Å². The Morgan fingerprint density at radius 1 is 1.11 bits per heavy atom. The molecule has 0 aliphatic rings. The topological polar surface area (TPSA) is 53.9 Å². The number of nitrogens with one attached hydrogen (secondary N) is 1. The predicted octanol–water partition coefficient (Wildman–Crippen LogP) is 4.58. The zero-order valence-electron chi connectivity index (χ0n) is 17.3. The summed E-state index contributed by atoms with van der Waals surface area (Å²) in [7, 11) is 0. The summed E-state index contributed by atoms with van der Waals surface area (Å²) in [6.07, 6.45) is 2.65. The minimum absolute atomic E-state index is 0.0638. The van der Waals surface area contributed by atoms with E-state index < -0.39 is 0 Å². The molecule has 0 aromatic heterocycles. The fraction of sp³-hybridized carbons (Fsp3) is 0.391. The highest BCUT2D eigenvalue weighted by Crippen LogP contribution is 2.28. The summed E-state index contributed by atoms with van der Waals surface area (Å²) in [6, 6.07) is 15.9. The SMILES string of the molecule is CCC(C)c1ccccc1OCC(=O)NN=Cc1ccc(N(CC)CC)cc1. The molecule has 1 atom stereocenters. The van der Waals surface area contributed by atoms with Crippen molar-refractivity contribution < 1.29 is 9.53 Å². The molecule has 0 saturated heterocycles. The normalized spacial score (nSPS) is 12.0. The molecule has 0 bridgehead atoms. The van der Waals surface area contributed by atoms with Crippen LogP contribution in [0.25, 0.3) is 0 Å². The quantitative estimate of drug-likeness (QED) is 0.484. The van der Waals surface area contributed by atoms with Crippen LogP contribution in [-0.4, -0.2) is 31.8 Å². The molecule has 0 fully saturated rings. The van der Waals surface area contributed by atoms with Gasteiger partial charge in [0, 0.05) is 18.8 Å². The number of ether oxygens (including phenoxy) is 1. The van der Waals surface area contributed by atoms with E-state index in [1.165, 1.54) is 5.69 Å². The van der Waals surface area contributed by atoms with Gasteiger partial charge in [-0.2, -0.15) is 5.10 Å². The molecule has 0 aliphatic carbocycles. The van der Waals surface area contributed by atoms with Crippen molar-refractivity contribution in [3.05, 3.63) is 59.7 Å². The Labute approximate surface area is 168 Å². The number of carbonyl (C=O) groups excluding carboxylic acids is 1. The van der Waals surface area contributed by atoms with Crippen LogP contribution in [0.15, 0.2) is 53.6 Å². The Hall–Kier alpha value is -2.82. The van der Waals surface area contributed by atoms with Crippen molar-refractivity contribution in [1.82, 2.24) is 5.43 Å². The number of hydrogen-bond donors (Lipinski definition) is 1. The van der Waals surface area contributed by atoms with E-state index in [9.17, 15) is 4.79 Å². The van der Waals surface area contributed by atoms with Crippen LogP contribution in [0.3, 0.4) is 0 Å². The van der Waals surface area contributed by atoms with Gasteiger partial charge in [-0.25, -0.2) is 5.43 Å². The summed E-state index contributed by atoms with van der Waals surface area (Å²) in [5.74, 6) is 0.856. The molecular formula is C23H31N3O2. The summed E-state index contributed by atoms with van der Waals surface area (Å²) in [4.78, 5) is 14.3. The van der Waals surface area contributed by atoms with Gasteiger partial charge in [0.25, 0.3) is 5.91 Å². The average Bonchev–Trinajstić information content (AvgIpc) is 2.74. The van der Waals surface area contributed by atoms with Crippen LogP contribution in [0.1, 0.15) is 51.2 Å². The molecule has 28 heavy (non-hydrogen) atoms. The third kappa shape index (κ3) is 6.12. The third-order valence-electron chi connectivity index (χ3n) is 4.85. The molecule has 2 aromatic rings. The zero-order chi connectivity index (χ0) is 20.4. The minimum Gasteiger partial charge on any atom is -0.483 e. The maximum absolute atomic E-state index is 12.0. The Kier molecular flexibility index (Phi) is 8.53. The number of para-hydroxylation sites is 1. The first-order valence-corrected chi connectivity index (χ1v) is 9.97. The lowest BCUT2D eigenvalue weighted by atomic mass is 9.98. The smallest absolute Gasteiger partial charge is 0.277 e. The summed E-state index contributed by atoms with van der Waals surface area (Å²) in [5, 5.41) is 4.02. The number of carbonyl (C=O) groups is 1. The number of benzene rings is 2. The zero-order valence-corrected chi connectivity index (χ0v) is 17.3. The summed E-state index contributed by atoms with van der Waals surface area (Å²) in [6.45, 7) is 10.4. The monoisotopic (exact) mass is 381 g/mol. The van der Waals surface area contributed by atoms with Gasteiger partial charge in [-0.05, 0) is 55.5 Å². The van der Waals surface area contributed by atoms with Crippen LogP contribution in [0.4, 0.5) is 5.69 Å². The molecule has 2 rings (SSSR count). The average molecular weight is 382 g/mol. The molecule has 0 spiro atoms. The second-order valence-electron chi connectivity index (χ2n) is 6.69. The van der Waals surface area contributed by atoms with E-state index in [4.69, 9.17) is 4.74 Å². The van der Waals surface area contributed by atoms with Crippen molar-refractivity contribution >= 4 is 17.8 Å². The number of hydrogen-bond acceptors (Lipinski definition) is 4. The van der Waals surface area contributed by atoms with Crippen molar-refractivity contribution in [2.75, 3.05) is 24.6 Å². The first kappa shape index (κ1) is 21.5. The van der Waals surface area contributed by atoms with Gasteiger partial charge in [0.15, 0.2) is 6.61 Å². The van der Waals surface area contributed by atoms with E-state index in [-0.39, 0.29) is 12.5 Å². The lowest BCUT2D eigenvalue weighted by molar-refractivity contribution is -0.123. The van der Waals surface area contributed by atoms with Crippen LogP contribution in [0.5, 0.6) is 5.75 Å². The summed E-state index contributed by atoms with van der Waals surface area (Å²) < 4.78 is 5.70. The van der Waals surface area contributed by atoms with E-state index in [0.29, 0.717) is 5.92 Å². The fourth-order valence-corrected chi connectivity index (χ4v) is 2.95. The maximum atomic E-state index is 12.0. The first-order chi connectivity index (χ1) is 13.6.